The Balaban J connectivity index is 2.46. The Morgan fingerprint density at radius 2 is 2.06 bits per heavy atom. The lowest BCUT2D eigenvalue weighted by molar-refractivity contribution is 0.159. The predicted octanol–water partition coefficient (Wildman–Crippen LogP) is 1.95. The molecule has 1 unspecified atom stereocenters. The Hall–Kier alpha value is -1.26. The molecule has 1 aromatic carbocycles. The van der Waals surface area contributed by atoms with E-state index in [1.807, 2.05) is 25.1 Å². The van der Waals surface area contributed by atoms with Gasteiger partial charge in [0.1, 0.15) is 11.5 Å². The fourth-order valence-electron chi connectivity index (χ4n) is 1.69. The minimum absolute atomic E-state index is 0.213. The van der Waals surface area contributed by atoms with Gasteiger partial charge in [-0.25, -0.2) is 0 Å². The molecule has 1 aromatic rings. The number of aliphatic hydroxyl groups is 1. The Labute approximate surface area is 109 Å². The summed E-state index contributed by atoms with van der Waals surface area (Å²) >= 11 is 0. The van der Waals surface area contributed by atoms with Crippen LogP contribution in [-0.4, -0.2) is 32.0 Å². The zero-order chi connectivity index (χ0) is 13.4. The third-order valence-electron chi connectivity index (χ3n) is 2.94. The van der Waals surface area contributed by atoms with Gasteiger partial charge in [-0.3, -0.25) is 0 Å². The summed E-state index contributed by atoms with van der Waals surface area (Å²) in [4.78, 5) is 0. The highest BCUT2D eigenvalue weighted by atomic mass is 16.5. The van der Waals surface area contributed by atoms with Crippen LogP contribution in [0.15, 0.2) is 18.2 Å². The Kier molecular flexibility index (Phi) is 6.54. The predicted molar refractivity (Wildman–Crippen MR) is 72.2 cm³/mol. The third kappa shape index (κ3) is 4.55. The summed E-state index contributed by atoms with van der Waals surface area (Å²) in [6, 6.07) is 5.78. The molecule has 2 N–H and O–H groups in total. The zero-order valence-corrected chi connectivity index (χ0v) is 11.4. The molecule has 1 atom stereocenters. The number of ether oxygens (including phenoxy) is 2. The van der Waals surface area contributed by atoms with Gasteiger partial charge in [-0.1, -0.05) is 13.0 Å². The molecule has 1 rings (SSSR count). The number of aliphatic hydroxyl groups excluding tert-OH is 1. The summed E-state index contributed by atoms with van der Waals surface area (Å²) < 4.78 is 10.5. The van der Waals surface area contributed by atoms with E-state index in [1.165, 1.54) is 0 Å². The van der Waals surface area contributed by atoms with Crippen LogP contribution in [0.25, 0.3) is 0 Å². The molecule has 4 heteroatoms. The maximum Gasteiger partial charge on any atom is 0.127 e. The van der Waals surface area contributed by atoms with Crippen LogP contribution in [0.5, 0.6) is 11.5 Å². The highest BCUT2D eigenvalue weighted by Gasteiger charge is 2.05. The van der Waals surface area contributed by atoms with Crippen molar-refractivity contribution in [3.63, 3.8) is 0 Å². The van der Waals surface area contributed by atoms with Crippen LogP contribution in [0.3, 0.4) is 0 Å². The lowest BCUT2D eigenvalue weighted by Crippen LogP contribution is -2.20. The summed E-state index contributed by atoms with van der Waals surface area (Å²) in [6.45, 7) is 3.50. The molecule has 0 saturated heterocycles. The highest BCUT2D eigenvalue weighted by molar-refractivity contribution is 5.40. The van der Waals surface area contributed by atoms with Crippen molar-refractivity contribution >= 4 is 0 Å². The normalized spacial score (nSPS) is 12.2. The van der Waals surface area contributed by atoms with E-state index in [0.717, 1.165) is 43.0 Å². The quantitative estimate of drug-likeness (QED) is 0.695. The van der Waals surface area contributed by atoms with Crippen LogP contribution in [0, 0.1) is 0 Å². The lowest BCUT2D eigenvalue weighted by atomic mass is 10.1. The Bertz CT molecular complexity index is 355. The monoisotopic (exact) mass is 253 g/mol. The molecular weight excluding hydrogens is 230 g/mol. The van der Waals surface area contributed by atoms with Crippen LogP contribution < -0.4 is 14.8 Å². The maximum absolute atomic E-state index is 9.44. The van der Waals surface area contributed by atoms with Gasteiger partial charge in [0.15, 0.2) is 0 Å². The van der Waals surface area contributed by atoms with E-state index >= 15 is 0 Å². The number of rotatable bonds is 8. The second kappa shape index (κ2) is 7.95. The van der Waals surface area contributed by atoms with Crippen LogP contribution in [-0.2, 0) is 6.54 Å². The molecule has 102 valence electrons. The van der Waals surface area contributed by atoms with E-state index in [2.05, 4.69) is 5.32 Å². The first-order valence-corrected chi connectivity index (χ1v) is 6.31. The second-order valence-electron chi connectivity index (χ2n) is 4.21. The molecular formula is C14H23NO3. The highest BCUT2D eigenvalue weighted by Crippen LogP contribution is 2.24. The average molecular weight is 253 g/mol. The summed E-state index contributed by atoms with van der Waals surface area (Å²) in [5.41, 5.74) is 1.09. The topological polar surface area (TPSA) is 50.7 Å². The van der Waals surface area contributed by atoms with Crippen molar-refractivity contribution in [2.75, 3.05) is 20.8 Å². The first kappa shape index (κ1) is 14.8. The van der Waals surface area contributed by atoms with Gasteiger partial charge < -0.3 is 19.9 Å². The molecule has 4 nitrogen and oxygen atoms in total. The average Bonchev–Trinajstić information content (AvgIpc) is 2.43. The molecule has 0 fully saturated rings. The molecule has 0 aromatic heterocycles. The number of methoxy groups -OCH3 is 2. The first-order chi connectivity index (χ1) is 8.71. The third-order valence-corrected chi connectivity index (χ3v) is 2.94. The second-order valence-corrected chi connectivity index (χ2v) is 4.21. The minimum Gasteiger partial charge on any atom is -0.497 e. The van der Waals surface area contributed by atoms with Gasteiger partial charge in [-0.05, 0) is 25.5 Å². The maximum atomic E-state index is 9.44. The Morgan fingerprint density at radius 3 is 2.67 bits per heavy atom. The molecule has 0 radical (unpaired) electrons. The van der Waals surface area contributed by atoms with Gasteiger partial charge in [0.2, 0.25) is 0 Å². The van der Waals surface area contributed by atoms with Gasteiger partial charge in [-0.15, -0.1) is 0 Å². The smallest absolute Gasteiger partial charge is 0.127 e. The molecule has 0 saturated carbocycles. The van der Waals surface area contributed by atoms with E-state index < -0.39 is 0 Å². The fraction of sp³-hybridized carbons (Fsp3) is 0.571. The molecule has 0 heterocycles. The molecule has 0 aliphatic carbocycles. The number of hydrogen-bond acceptors (Lipinski definition) is 4. The van der Waals surface area contributed by atoms with Crippen LogP contribution in [0.2, 0.25) is 0 Å². The summed E-state index contributed by atoms with van der Waals surface area (Å²) in [5, 5.41) is 12.7. The molecule has 0 bridgehead atoms. The molecule has 0 aliphatic heterocycles. The molecule has 0 spiro atoms. The largest absolute Gasteiger partial charge is 0.497 e. The van der Waals surface area contributed by atoms with Crippen molar-refractivity contribution < 1.29 is 14.6 Å². The van der Waals surface area contributed by atoms with E-state index in [-0.39, 0.29) is 6.10 Å². The van der Waals surface area contributed by atoms with Crippen molar-refractivity contribution in [1.82, 2.24) is 5.32 Å². The van der Waals surface area contributed by atoms with Crippen LogP contribution >= 0.6 is 0 Å². The summed E-state index contributed by atoms with van der Waals surface area (Å²) in [6.07, 6.45) is 1.36. The van der Waals surface area contributed by atoms with Crippen molar-refractivity contribution in [3.8, 4) is 11.5 Å². The first-order valence-electron chi connectivity index (χ1n) is 6.31. The number of benzene rings is 1. The summed E-state index contributed by atoms with van der Waals surface area (Å²) in [7, 11) is 3.29. The van der Waals surface area contributed by atoms with E-state index in [1.54, 1.807) is 14.2 Å². The van der Waals surface area contributed by atoms with E-state index in [0.29, 0.717) is 0 Å². The van der Waals surface area contributed by atoms with Gasteiger partial charge in [0.05, 0.1) is 20.3 Å². The minimum atomic E-state index is -0.213. The zero-order valence-electron chi connectivity index (χ0n) is 11.4. The van der Waals surface area contributed by atoms with Crippen molar-refractivity contribution in [2.45, 2.75) is 32.4 Å². The van der Waals surface area contributed by atoms with Gasteiger partial charge in [-0.2, -0.15) is 0 Å². The standard InChI is InChI=1S/C14H23NO3/c1-4-12(16)7-8-15-10-11-5-6-13(17-2)9-14(11)18-3/h5-6,9,12,15-16H,4,7-8,10H2,1-3H3. The number of nitrogens with one attached hydrogen (secondary N) is 1. The van der Waals surface area contributed by atoms with Crippen LogP contribution in [0.4, 0.5) is 0 Å². The Morgan fingerprint density at radius 1 is 1.28 bits per heavy atom. The van der Waals surface area contributed by atoms with Crippen LogP contribution in [0.1, 0.15) is 25.3 Å². The van der Waals surface area contributed by atoms with Gasteiger partial charge in [0.25, 0.3) is 0 Å². The van der Waals surface area contributed by atoms with E-state index in [9.17, 15) is 5.11 Å². The van der Waals surface area contributed by atoms with Crippen molar-refractivity contribution in [2.24, 2.45) is 0 Å². The molecule has 0 amide bonds. The van der Waals surface area contributed by atoms with Gasteiger partial charge >= 0.3 is 0 Å². The molecule has 18 heavy (non-hydrogen) atoms. The van der Waals surface area contributed by atoms with Crippen molar-refractivity contribution in [3.05, 3.63) is 23.8 Å². The van der Waals surface area contributed by atoms with Gasteiger partial charge in [0, 0.05) is 18.2 Å². The SMILES string of the molecule is CCC(O)CCNCc1ccc(OC)cc1OC. The van der Waals surface area contributed by atoms with E-state index in [4.69, 9.17) is 9.47 Å². The van der Waals surface area contributed by atoms with Crippen molar-refractivity contribution in [1.29, 1.82) is 0 Å². The lowest BCUT2D eigenvalue weighted by Gasteiger charge is -2.12. The fourth-order valence-corrected chi connectivity index (χ4v) is 1.69. The molecule has 0 aliphatic rings. The number of hydrogen-bond donors (Lipinski definition) is 2. The summed E-state index contributed by atoms with van der Waals surface area (Å²) in [5.74, 6) is 1.61.